The fourth-order valence-electron chi connectivity index (χ4n) is 3.48. The highest BCUT2D eigenvalue weighted by Crippen LogP contribution is 2.32. The number of rotatable bonds is 8. The molecule has 0 unspecified atom stereocenters. The van der Waals surface area contributed by atoms with Gasteiger partial charge in [-0.15, -0.1) is 10.2 Å². The van der Waals surface area contributed by atoms with E-state index in [1.165, 1.54) is 5.56 Å². The van der Waals surface area contributed by atoms with Crippen LogP contribution in [0.4, 0.5) is 0 Å². The standard InChI is InChI=1S/C23H28N6O2/c1-3-22-27-26-16-29(22)12-11-24-23(25-14-18-7-5-4-6-8-18)28(2)15-19-9-10-20-21(13-19)31-17-30-20/h4-10,13,16H,3,11-12,14-15,17H2,1-2H3,(H,24,25). The van der Waals surface area contributed by atoms with Gasteiger partial charge in [-0.2, -0.15) is 0 Å². The zero-order valence-corrected chi connectivity index (χ0v) is 18.0. The summed E-state index contributed by atoms with van der Waals surface area (Å²) in [4.78, 5) is 6.98. The second-order valence-corrected chi connectivity index (χ2v) is 7.39. The van der Waals surface area contributed by atoms with E-state index in [1.807, 2.05) is 37.4 Å². The summed E-state index contributed by atoms with van der Waals surface area (Å²) >= 11 is 0. The van der Waals surface area contributed by atoms with Crippen LogP contribution in [0.3, 0.4) is 0 Å². The van der Waals surface area contributed by atoms with Gasteiger partial charge in [0.1, 0.15) is 12.2 Å². The molecule has 1 aromatic heterocycles. The molecule has 3 aromatic rings. The molecule has 0 fully saturated rings. The van der Waals surface area contributed by atoms with E-state index in [0.717, 1.165) is 48.4 Å². The molecule has 2 aromatic carbocycles. The number of aryl methyl sites for hydroxylation is 1. The van der Waals surface area contributed by atoms with Crippen LogP contribution in [0.15, 0.2) is 59.9 Å². The van der Waals surface area contributed by atoms with Crippen molar-refractivity contribution >= 4 is 5.96 Å². The SMILES string of the molecule is CCc1nncn1CCNC(=NCc1ccccc1)N(C)Cc1ccc2c(c1)OCO2. The van der Waals surface area contributed by atoms with Crippen LogP contribution in [-0.4, -0.2) is 46.0 Å². The zero-order valence-electron chi connectivity index (χ0n) is 18.0. The van der Waals surface area contributed by atoms with Gasteiger partial charge < -0.3 is 24.3 Å². The quantitative estimate of drug-likeness (QED) is 0.446. The van der Waals surface area contributed by atoms with E-state index in [4.69, 9.17) is 14.5 Å². The summed E-state index contributed by atoms with van der Waals surface area (Å²) in [6, 6.07) is 16.3. The van der Waals surface area contributed by atoms with Crippen LogP contribution in [0.25, 0.3) is 0 Å². The van der Waals surface area contributed by atoms with Gasteiger partial charge in [-0.25, -0.2) is 4.99 Å². The molecular weight excluding hydrogens is 392 g/mol. The fraction of sp³-hybridized carbons (Fsp3) is 0.348. The van der Waals surface area contributed by atoms with Crippen molar-refractivity contribution in [1.29, 1.82) is 0 Å². The minimum Gasteiger partial charge on any atom is -0.454 e. The first kappa shape index (κ1) is 20.7. The summed E-state index contributed by atoms with van der Waals surface area (Å²) in [5, 5.41) is 11.7. The lowest BCUT2D eigenvalue weighted by Gasteiger charge is -2.23. The third-order valence-corrected chi connectivity index (χ3v) is 5.12. The number of ether oxygens (including phenoxy) is 2. The van der Waals surface area contributed by atoms with Crippen LogP contribution in [0.2, 0.25) is 0 Å². The molecular formula is C23H28N6O2. The van der Waals surface area contributed by atoms with E-state index in [2.05, 4.69) is 50.1 Å². The summed E-state index contributed by atoms with van der Waals surface area (Å²) in [6.07, 6.45) is 2.64. The average molecular weight is 421 g/mol. The number of nitrogens with one attached hydrogen (secondary N) is 1. The fourth-order valence-corrected chi connectivity index (χ4v) is 3.48. The number of aliphatic imine (C=N–C) groups is 1. The van der Waals surface area contributed by atoms with Crippen molar-refractivity contribution in [3.8, 4) is 11.5 Å². The van der Waals surface area contributed by atoms with E-state index < -0.39 is 0 Å². The molecule has 0 bridgehead atoms. The molecule has 4 rings (SSSR count). The summed E-state index contributed by atoms with van der Waals surface area (Å²) in [5.41, 5.74) is 2.30. The normalized spacial score (nSPS) is 12.8. The van der Waals surface area contributed by atoms with Crippen molar-refractivity contribution in [1.82, 2.24) is 25.0 Å². The third-order valence-electron chi connectivity index (χ3n) is 5.12. The molecule has 0 saturated heterocycles. The maximum atomic E-state index is 5.51. The molecule has 1 aliphatic rings. The Labute approximate surface area is 182 Å². The molecule has 0 spiro atoms. The van der Waals surface area contributed by atoms with Crippen LogP contribution >= 0.6 is 0 Å². The maximum absolute atomic E-state index is 5.51. The topological polar surface area (TPSA) is 76.8 Å². The summed E-state index contributed by atoms with van der Waals surface area (Å²) < 4.78 is 13.0. The van der Waals surface area contributed by atoms with Crippen molar-refractivity contribution in [2.45, 2.75) is 33.0 Å². The summed E-state index contributed by atoms with van der Waals surface area (Å²) in [6.45, 7) is 5.18. The molecule has 162 valence electrons. The van der Waals surface area contributed by atoms with Gasteiger partial charge in [0.25, 0.3) is 0 Å². The predicted octanol–water partition coefficient (Wildman–Crippen LogP) is 2.85. The molecule has 1 aliphatic heterocycles. The highest BCUT2D eigenvalue weighted by atomic mass is 16.7. The first-order valence-electron chi connectivity index (χ1n) is 10.5. The Morgan fingerprint density at radius 2 is 1.97 bits per heavy atom. The lowest BCUT2D eigenvalue weighted by molar-refractivity contribution is 0.174. The summed E-state index contributed by atoms with van der Waals surface area (Å²) in [7, 11) is 2.04. The van der Waals surface area contributed by atoms with Crippen LogP contribution in [0.5, 0.6) is 11.5 Å². The lowest BCUT2D eigenvalue weighted by Crippen LogP contribution is -2.40. The predicted molar refractivity (Wildman–Crippen MR) is 119 cm³/mol. The molecule has 8 heteroatoms. The number of aromatic nitrogens is 3. The van der Waals surface area contributed by atoms with Crippen LogP contribution < -0.4 is 14.8 Å². The van der Waals surface area contributed by atoms with Crippen LogP contribution in [0, 0.1) is 0 Å². The van der Waals surface area contributed by atoms with Gasteiger partial charge in [-0.3, -0.25) is 0 Å². The number of nitrogens with zero attached hydrogens (tertiary/aromatic N) is 5. The Kier molecular flexibility index (Phi) is 6.66. The largest absolute Gasteiger partial charge is 0.454 e. The van der Waals surface area contributed by atoms with Gasteiger partial charge in [0.05, 0.1) is 6.54 Å². The number of fused-ring (bicyclic) bond motifs is 1. The van der Waals surface area contributed by atoms with Crippen LogP contribution in [-0.2, 0) is 26.1 Å². The minimum absolute atomic E-state index is 0.281. The third kappa shape index (κ3) is 5.33. The molecule has 0 atom stereocenters. The molecule has 31 heavy (non-hydrogen) atoms. The van der Waals surface area contributed by atoms with E-state index in [1.54, 1.807) is 6.33 Å². The molecule has 0 aliphatic carbocycles. The van der Waals surface area contributed by atoms with Crippen molar-refractivity contribution in [3.63, 3.8) is 0 Å². The number of hydrogen-bond acceptors (Lipinski definition) is 5. The zero-order chi connectivity index (χ0) is 21.5. The number of hydrogen-bond donors (Lipinski definition) is 1. The van der Waals surface area contributed by atoms with E-state index in [9.17, 15) is 0 Å². The Bertz CT molecular complexity index is 1020. The van der Waals surface area contributed by atoms with Gasteiger partial charge in [0.15, 0.2) is 17.5 Å². The Hall–Kier alpha value is -3.55. The summed E-state index contributed by atoms with van der Waals surface area (Å²) in [5.74, 6) is 3.41. The minimum atomic E-state index is 0.281. The second-order valence-electron chi connectivity index (χ2n) is 7.39. The van der Waals surface area contributed by atoms with Crippen molar-refractivity contribution in [2.75, 3.05) is 20.4 Å². The lowest BCUT2D eigenvalue weighted by atomic mass is 10.2. The molecule has 0 amide bonds. The van der Waals surface area contributed by atoms with E-state index >= 15 is 0 Å². The molecule has 0 saturated carbocycles. The van der Waals surface area contributed by atoms with E-state index in [-0.39, 0.29) is 6.79 Å². The van der Waals surface area contributed by atoms with Gasteiger partial charge >= 0.3 is 0 Å². The van der Waals surface area contributed by atoms with Gasteiger partial charge in [-0.1, -0.05) is 43.3 Å². The highest BCUT2D eigenvalue weighted by Gasteiger charge is 2.15. The molecule has 8 nitrogen and oxygen atoms in total. The second kappa shape index (κ2) is 9.97. The first-order chi connectivity index (χ1) is 15.2. The molecule has 1 N–H and O–H groups in total. The maximum Gasteiger partial charge on any atom is 0.231 e. The number of benzene rings is 2. The average Bonchev–Trinajstić information content (AvgIpc) is 3.45. The van der Waals surface area contributed by atoms with E-state index in [0.29, 0.717) is 13.1 Å². The Balaban J connectivity index is 1.44. The van der Waals surface area contributed by atoms with Gasteiger partial charge in [0.2, 0.25) is 6.79 Å². The number of guanidine groups is 1. The van der Waals surface area contributed by atoms with Gasteiger partial charge in [0, 0.05) is 33.1 Å². The highest BCUT2D eigenvalue weighted by molar-refractivity contribution is 5.79. The van der Waals surface area contributed by atoms with Gasteiger partial charge in [-0.05, 0) is 23.3 Å². The first-order valence-corrected chi connectivity index (χ1v) is 10.5. The molecule has 2 heterocycles. The van der Waals surface area contributed by atoms with Crippen LogP contribution in [0.1, 0.15) is 23.9 Å². The smallest absolute Gasteiger partial charge is 0.231 e. The van der Waals surface area contributed by atoms with Crippen molar-refractivity contribution in [2.24, 2.45) is 4.99 Å². The Morgan fingerprint density at radius 3 is 2.81 bits per heavy atom. The monoisotopic (exact) mass is 420 g/mol. The van der Waals surface area contributed by atoms with Crippen molar-refractivity contribution < 1.29 is 9.47 Å². The Morgan fingerprint density at radius 1 is 1.13 bits per heavy atom. The van der Waals surface area contributed by atoms with Crippen molar-refractivity contribution in [3.05, 3.63) is 71.8 Å². The molecule has 0 radical (unpaired) electrons.